The van der Waals surface area contributed by atoms with E-state index in [1.165, 1.54) is 10.9 Å². The van der Waals surface area contributed by atoms with Gasteiger partial charge in [0.25, 0.3) is 5.91 Å². The summed E-state index contributed by atoms with van der Waals surface area (Å²) in [5, 5.41) is 28.2. The van der Waals surface area contributed by atoms with E-state index in [9.17, 15) is 9.90 Å². The van der Waals surface area contributed by atoms with Crippen LogP contribution in [0.25, 0.3) is 11.2 Å². The number of aliphatic hydroxyl groups excluding tert-OH is 1. The number of anilines is 1. The van der Waals surface area contributed by atoms with Crippen molar-refractivity contribution in [1.29, 1.82) is 0 Å². The summed E-state index contributed by atoms with van der Waals surface area (Å²) in [5.41, 5.74) is 1.23. The van der Waals surface area contributed by atoms with E-state index in [1.54, 1.807) is 12.3 Å². The maximum atomic E-state index is 13.1. The highest BCUT2D eigenvalue weighted by molar-refractivity contribution is 6.33. The van der Waals surface area contributed by atoms with E-state index >= 15 is 0 Å². The second-order valence-corrected chi connectivity index (χ2v) is 8.82. The summed E-state index contributed by atoms with van der Waals surface area (Å²) in [6, 6.07) is 20.3. The van der Waals surface area contributed by atoms with Crippen LogP contribution in [0.2, 0.25) is 5.15 Å². The van der Waals surface area contributed by atoms with Gasteiger partial charge in [-0.05, 0) is 24.1 Å². The molecule has 3 aromatic heterocycles. The van der Waals surface area contributed by atoms with Gasteiger partial charge in [0, 0.05) is 12.7 Å². The van der Waals surface area contributed by atoms with Crippen LogP contribution in [0.15, 0.2) is 79.1 Å². The number of benzene rings is 2. The largest absolute Gasteiger partial charge is 0.394 e. The number of aryl methyl sites for hydroxylation is 1. The van der Waals surface area contributed by atoms with Crippen molar-refractivity contribution in [3.63, 3.8) is 0 Å². The smallest absolute Gasteiger partial charge is 0.258 e. The van der Waals surface area contributed by atoms with Crippen LogP contribution in [0.1, 0.15) is 34.2 Å². The van der Waals surface area contributed by atoms with Gasteiger partial charge in [-0.1, -0.05) is 72.3 Å². The summed E-state index contributed by atoms with van der Waals surface area (Å²) in [7, 11) is 0. The highest BCUT2D eigenvalue weighted by Gasteiger charge is 2.39. The maximum absolute atomic E-state index is 13.1. The third kappa shape index (κ3) is 4.48. The molecule has 1 amide bonds. The van der Waals surface area contributed by atoms with E-state index in [0.29, 0.717) is 46.9 Å². The number of fused-ring (bicyclic) bond motifs is 1. The van der Waals surface area contributed by atoms with Gasteiger partial charge in [0.05, 0.1) is 36.1 Å². The van der Waals surface area contributed by atoms with Crippen molar-refractivity contribution in [2.45, 2.75) is 25.6 Å². The molecular weight excluding hydrogens is 492 g/mol. The first-order valence-electron chi connectivity index (χ1n) is 11.8. The molecule has 0 aliphatic rings. The minimum Gasteiger partial charge on any atom is -0.394 e. The van der Waals surface area contributed by atoms with Crippen molar-refractivity contribution in [2.75, 3.05) is 11.9 Å². The van der Waals surface area contributed by atoms with Crippen LogP contribution >= 0.6 is 11.6 Å². The minimum atomic E-state index is -1.57. The first kappa shape index (κ1) is 24.6. The van der Waals surface area contributed by atoms with Crippen LogP contribution in [-0.4, -0.2) is 47.0 Å². The molecule has 2 aromatic carbocycles. The maximum Gasteiger partial charge on any atom is 0.258 e. The molecule has 5 rings (SSSR count). The first-order chi connectivity index (χ1) is 18.0. The van der Waals surface area contributed by atoms with E-state index in [0.717, 1.165) is 0 Å². The molecule has 3 N–H and O–H groups in total. The molecule has 0 unspecified atom stereocenters. The number of aromatic nitrogens is 5. The second kappa shape index (κ2) is 10.1. The first-order valence-corrected chi connectivity index (χ1v) is 12.2. The number of imidazole rings is 1. The standard InChI is InChI=1S/C27H25ClN6O3/c1-2-34-22-15-21(25(36)30-20-16-29-33(17-20)13-14-35)23(28)31-24(22)32-26(34)27(37,18-9-5-3-6-10-18)19-11-7-4-8-12-19/h3-12,15-17,35,37H,2,13-14H2,1H3,(H,30,36). The molecule has 0 bridgehead atoms. The molecular formula is C27H25ClN6O3. The van der Waals surface area contributed by atoms with Crippen LogP contribution in [0.5, 0.6) is 0 Å². The van der Waals surface area contributed by atoms with Gasteiger partial charge in [0.15, 0.2) is 17.1 Å². The highest BCUT2D eigenvalue weighted by atomic mass is 35.5. The number of nitrogens with zero attached hydrogens (tertiary/aromatic N) is 5. The Morgan fingerprint density at radius 2 is 1.70 bits per heavy atom. The third-order valence-corrected chi connectivity index (χ3v) is 6.47. The molecule has 0 aliphatic carbocycles. The zero-order valence-electron chi connectivity index (χ0n) is 20.0. The number of hydrogen-bond donors (Lipinski definition) is 3. The lowest BCUT2D eigenvalue weighted by Crippen LogP contribution is -2.32. The Kier molecular flexibility index (Phi) is 6.75. The van der Waals surface area contributed by atoms with Crippen molar-refractivity contribution in [3.05, 3.63) is 107 Å². The lowest BCUT2D eigenvalue weighted by molar-refractivity contribution is 0.102. The monoisotopic (exact) mass is 516 g/mol. The molecule has 0 fully saturated rings. The fraction of sp³-hybridized carbons (Fsp3) is 0.185. The van der Waals surface area contributed by atoms with Crippen LogP contribution in [0.3, 0.4) is 0 Å². The summed E-state index contributed by atoms with van der Waals surface area (Å²) in [6.07, 6.45) is 3.10. The van der Waals surface area contributed by atoms with Gasteiger partial charge < -0.3 is 20.1 Å². The molecule has 0 radical (unpaired) electrons. The fourth-order valence-corrected chi connectivity index (χ4v) is 4.64. The van der Waals surface area contributed by atoms with Crippen LogP contribution in [-0.2, 0) is 18.7 Å². The molecule has 188 valence electrons. The van der Waals surface area contributed by atoms with E-state index in [4.69, 9.17) is 21.7 Å². The molecule has 0 aliphatic heterocycles. The van der Waals surface area contributed by atoms with Gasteiger partial charge in [-0.3, -0.25) is 9.48 Å². The third-order valence-electron chi connectivity index (χ3n) is 6.18. The molecule has 9 nitrogen and oxygen atoms in total. The summed E-state index contributed by atoms with van der Waals surface area (Å²) < 4.78 is 3.36. The van der Waals surface area contributed by atoms with Gasteiger partial charge in [0.2, 0.25) is 0 Å². The van der Waals surface area contributed by atoms with Crippen molar-refractivity contribution in [1.82, 2.24) is 24.3 Å². The number of carbonyl (C=O) groups is 1. The number of halogens is 1. The molecule has 0 saturated carbocycles. The molecule has 0 atom stereocenters. The van der Waals surface area contributed by atoms with Crippen molar-refractivity contribution in [3.8, 4) is 0 Å². The Morgan fingerprint density at radius 3 is 2.30 bits per heavy atom. The summed E-state index contributed by atoms with van der Waals surface area (Å²) in [5.74, 6) is -0.0939. The average molecular weight is 517 g/mol. The topological polar surface area (TPSA) is 118 Å². The zero-order valence-corrected chi connectivity index (χ0v) is 20.8. The minimum absolute atomic E-state index is 0.0111. The number of aliphatic hydroxyl groups is 2. The lowest BCUT2D eigenvalue weighted by Gasteiger charge is -2.29. The van der Waals surface area contributed by atoms with Gasteiger partial charge in [-0.2, -0.15) is 5.10 Å². The van der Waals surface area contributed by atoms with E-state index in [-0.39, 0.29) is 17.3 Å². The van der Waals surface area contributed by atoms with E-state index < -0.39 is 11.5 Å². The molecule has 0 saturated heterocycles. The number of pyridine rings is 1. The van der Waals surface area contributed by atoms with Crippen molar-refractivity contribution in [2.24, 2.45) is 0 Å². The lowest BCUT2D eigenvalue weighted by atomic mass is 9.85. The zero-order chi connectivity index (χ0) is 26.0. The summed E-state index contributed by atoms with van der Waals surface area (Å²) >= 11 is 6.43. The number of amides is 1. The highest BCUT2D eigenvalue weighted by Crippen LogP contribution is 2.38. The average Bonchev–Trinajstić information content (AvgIpc) is 3.52. The van der Waals surface area contributed by atoms with E-state index in [1.807, 2.05) is 72.2 Å². The van der Waals surface area contributed by atoms with Gasteiger partial charge >= 0.3 is 0 Å². The predicted octanol–water partition coefficient (Wildman–Crippen LogP) is 3.83. The van der Waals surface area contributed by atoms with E-state index in [2.05, 4.69) is 15.4 Å². The molecule has 37 heavy (non-hydrogen) atoms. The predicted molar refractivity (Wildman–Crippen MR) is 140 cm³/mol. The normalized spacial score (nSPS) is 11.7. The Hall–Kier alpha value is -4.05. The molecule has 0 spiro atoms. The van der Waals surface area contributed by atoms with Crippen molar-refractivity contribution < 1.29 is 15.0 Å². The second-order valence-electron chi connectivity index (χ2n) is 8.46. The summed E-state index contributed by atoms with van der Waals surface area (Å²) in [6.45, 7) is 2.65. The number of rotatable bonds is 8. The molecule has 10 heteroatoms. The number of hydrogen-bond acceptors (Lipinski definition) is 6. The van der Waals surface area contributed by atoms with Crippen molar-refractivity contribution >= 4 is 34.4 Å². The van der Waals surface area contributed by atoms with Crippen LogP contribution < -0.4 is 5.32 Å². The molecule has 5 aromatic rings. The SMILES string of the molecule is CCn1c(C(O)(c2ccccc2)c2ccccc2)nc2nc(Cl)c(C(=O)Nc3cnn(CCO)c3)cc21. The van der Waals surface area contributed by atoms with Crippen LogP contribution in [0, 0.1) is 0 Å². The summed E-state index contributed by atoms with van der Waals surface area (Å²) in [4.78, 5) is 22.2. The Labute approximate surface area is 218 Å². The van der Waals surface area contributed by atoms with Gasteiger partial charge in [-0.15, -0.1) is 0 Å². The van der Waals surface area contributed by atoms with Gasteiger partial charge in [0.1, 0.15) is 5.15 Å². The quantitative estimate of drug-likeness (QED) is 0.270. The number of carbonyl (C=O) groups excluding carboxylic acids is 1. The van der Waals surface area contributed by atoms with Crippen LogP contribution in [0.4, 0.5) is 5.69 Å². The fourth-order valence-electron chi connectivity index (χ4n) is 4.42. The van der Waals surface area contributed by atoms with Gasteiger partial charge in [-0.25, -0.2) is 9.97 Å². The Bertz CT molecular complexity index is 1510. The number of nitrogens with one attached hydrogen (secondary N) is 1. The molecule has 3 heterocycles. The Morgan fingerprint density at radius 1 is 1.05 bits per heavy atom. The Balaban J connectivity index is 1.62.